The molecule has 1 N–H and O–H groups in total. The smallest absolute Gasteiger partial charge is 0.335 e. The van der Waals surface area contributed by atoms with Crippen LogP contribution in [0.15, 0.2) is 29.2 Å². The summed E-state index contributed by atoms with van der Waals surface area (Å²) in [4.78, 5) is 10.9. The minimum atomic E-state index is -3.41. The molecule has 0 unspecified atom stereocenters. The van der Waals surface area contributed by atoms with E-state index < -0.39 is 15.8 Å². The molecule has 18 heavy (non-hydrogen) atoms. The highest BCUT2D eigenvalue weighted by molar-refractivity contribution is 7.91. The SMILES string of the molecule is CC(C)(C)CCS(=O)(=O)c1cccc(C(=O)O)c1. The first kappa shape index (κ1) is 14.7. The monoisotopic (exact) mass is 270 g/mol. The van der Waals surface area contributed by atoms with Crippen molar-refractivity contribution in [3.63, 3.8) is 0 Å². The van der Waals surface area contributed by atoms with E-state index in [0.717, 1.165) is 0 Å². The molecule has 1 rings (SSSR count). The molecular formula is C13H18O4S. The Kier molecular flexibility index (Phi) is 4.16. The van der Waals surface area contributed by atoms with Crippen molar-refractivity contribution in [3.05, 3.63) is 29.8 Å². The second kappa shape index (κ2) is 5.10. The Hall–Kier alpha value is -1.36. The Bertz CT molecular complexity index is 538. The van der Waals surface area contributed by atoms with Crippen LogP contribution in [0.2, 0.25) is 0 Å². The number of sulfone groups is 1. The zero-order valence-corrected chi connectivity index (χ0v) is 11.6. The first-order valence-electron chi connectivity index (χ1n) is 5.68. The number of aromatic carboxylic acids is 1. The largest absolute Gasteiger partial charge is 0.478 e. The maximum Gasteiger partial charge on any atom is 0.335 e. The maximum atomic E-state index is 12.1. The summed E-state index contributed by atoms with van der Waals surface area (Å²) in [5.41, 5.74) is -0.0795. The van der Waals surface area contributed by atoms with Gasteiger partial charge in [-0.15, -0.1) is 0 Å². The van der Waals surface area contributed by atoms with Crippen LogP contribution in [0.3, 0.4) is 0 Å². The van der Waals surface area contributed by atoms with Crippen molar-refractivity contribution < 1.29 is 18.3 Å². The van der Waals surface area contributed by atoms with Gasteiger partial charge in [0.2, 0.25) is 0 Å². The molecule has 0 aliphatic carbocycles. The van der Waals surface area contributed by atoms with Crippen molar-refractivity contribution >= 4 is 15.8 Å². The van der Waals surface area contributed by atoms with Crippen molar-refractivity contribution in [2.24, 2.45) is 5.41 Å². The quantitative estimate of drug-likeness (QED) is 0.912. The van der Waals surface area contributed by atoms with E-state index in [-0.39, 0.29) is 21.6 Å². The van der Waals surface area contributed by atoms with Crippen LogP contribution in [0.5, 0.6) is 0 Å². The van der Waals surface area contributed by atoms with Crippen molar-refractivity contribution in [2.45, 2.75) is 32.1 Å². The molecule has 0 amide bonds. The molecule has 0 saturated carbocycles. The summed E-state index contributed by atoms with van der Waals surface area (Å²) in [6.07, 6.45) is 0.534. The Balaban J connectivity index is 2.99. The van der Waals surface area contributed by atoms with E-state index in [0.29, 0.717) is 6.42 Å². The van der Waals surface area contributed by atoms with Gasteiger partial charge in [0.05, 0.1) is 16.2 Å². The summed E-state index contributed by atoms with van der Waals surface area (Å²) < 4.78 is 24.1. The molecule has 1 aromatic rings. The standard InChI is InChI=1S/C13H18O4S/c1-13(2,3)7-8-18(16,17)11-6-4-5-10(9-11)12(14)15/h4-6,9H,7-8H2,1-3H3,(H,14,15). The van der Waals surface area contributed by atoms with Gasteiger partial charge in [-0.05, 0) is 30.0 Å². The first-order valence-corrected chi connectivity index (χ1v) is 7.33. The summed E-state index contributed by atoms with van der Waals surface area (Å²) >= 11 is 0. The molecule has 0 aliphatic rings. The Labute approximate surface area is 108 Å². The lowest BCUT2D eigenvalue weighted by Crippen LogP contribution is -2.15. The van der Waals surface area contributed by atoms with Crippen molar-refractivity contribution in [1.82, 2.24) is 0 Å². The summed E-state index contributed by atoms with van der Waals surface area (Å²) in [6.45, 7) is 5.91. The van der Waals surface area contributed by atoms with Crippen LogP contribution in [0.4, 0.5) is 0 Å². The van der Waals surface area contributed by atoms with Crippen molar-refractivity contribution in [2.75, 3.05) is 5.75 Å². The molecule has 0 radical (unpaired) electrons. The van der Waals surface area contributed by atoms with Gasteiger partial charge in [-0.1, -0.05) is 26.8 Å². The van der Waals surface area contributed by atoms with E-state index in [1.807, 2.05) is 20.8 Å². The maximum absolute atomic E-state index is 12.1. The van der Waals surface area contributed by atoms with Gasteiger partial charge in [0.1, 0.15) is 0 Å². The fourth-order valence-electron chi connectivity index (χ4n) is 1.38. The summed E-state index contributed by atoms with van der Waals surface area (Å²) in [5, 5.41) is 8.84. The minimum absolute atomic E-state index is 0.00756. The van der Waals surface area contributed by atoms with Crippen molar-refractivity contribution in [1.29, 1.82) is 0 Å². The molecule has 1 aromatic carbocycles. The molecule has 4 nitrogen and oxygen atoms in total. The van der Waals surface area contributed by atoms with E-state index in [1.165, 1.54) is 24.3 Å². The molecule has 0 aliphatic heterocycles. The zero-order chi connectivity index (χ0) is 14.0. The molecule has 0 aromatic heterocycles. The lowest BCUT2D eigenvalue weighted by atomic mass is 9.94. The number of hydrogen-bond acceptors (Lipinski definition) is 3. The number of benzene rings is 1. The third kappa shape index (κ3) is 4.14. The molecule has 5 heteroatoms. The van der Waals surface area contributed by atoms with Crippen LogP contribution < -0.4 is 0 Å². The van der Waals surface area contributed by atoms with Gasteiger partial charge in [-0.3, -0.25) is 0 Å². The van der Waals surface area contributed by atoms with E-state index in [4.69, 9.17) is 5.11 Å². The van der Waals surface area contributed by atoms with Crippen LogP contribution in [0.1, 0.15) is 37.6 Å². The van der Waals surface area contributed by atoms with E-state index in [2.05, 4.69) is 0 Å². The van der Waals surface area contributed by atoms with Gasteiger partial charge in [0, 0.05) is 0 Å². The first-order chi connectivity index (χ1) is 8.12. The highest BCUT2D eigenvalue weighted by Crippen LogP contribution is 2.22. The second-order valence-electron chi connectivity index (χ2n) is 5.46. The number of carboxylic acid groups (broad SMARTS) is 1. The average Bonchev–Trinajstić information content (AvgIpc) is 2.26. The minimum Gasteiger partial charge on any atom is -0.478 e. The van der Waals surface area contributed by atoms with Crippen LogP contribution in [-0.2, 0) is 9.84 Å². The highest BCUT2D eigenvalue weighted by atomic mass is 32.2. The van der Waals surface area contributed by atoms with E-state index in [9.17, 15) is 13.2 Å². The van der Waals surface area contributed by atoms with Crippen LogP contribution in [0, 0.1) is 5.41 Å². The van der Waals surface area contributed by atoms with E-state index >= 15 is 0 Å². The molecule has 0 atom stereocenters. The summed E-state index contributed by atoms with van der Waals surface area (Å²) in [7, 11) is -3.41. The van der Waals surface area contributed by atoms with Gasteiger partial charge < -0.3 is 5.11 Å². The number of hydrogen-bond donors (Lipinski definition) is 1. The lowest BCUT2D eigenvalue weighted by molar-refractivity contribution is 0.0696. The number of rotatable bonds is 4. The molecule has 0 fully saturated rings. The average molecular weight is 270 g/mol. The fraction of sp³-hybridized carbons (Fsp3) is 0.462. The van der Waals surface area contributed by atoms with Crippen LogP contribution in [-0.4, -0.2) is 25.2 Å². The third-order valence-corrected chi connectivity index (χ3v) is 4.27. The molecule has 100 valence electrons. The van der Waals surface area contributed by atoms with Gasteiger partial charge in [0.25, 0.3) is 0 Å². The molecule has 0 heterocycles. The van der Waals surface area contributed by atoms with Crippen molar-refractivity contribution in [3.8, 4) is 0 Å². The second-order valence-corrected chi connectivity index (χ2v) is 7.57. The number of carboxylic acids is 1. The summed E-state index contributed by atoms with van der Waals surface area (Å²) in [6, 6.07) is 5.48. The van der Waals surface area contributed by atoms with Crippen LogP contribution in [0.25, 0.3) is 0 Å². The third-order valence-electron chi connectivity index (χ3n) is 2.56. The predicted octanol–water partition coefficient (Wildman–Crippen LogP) is 2.59. The van der Waals surface area contributed by atoms with Gasteiger partial charge in [-0.25, -0.2) is 13.2 Å². The zero-order valence-electron chi connectivity index (χ0n) is 10.8. The Morgan fingerprint density at radius 1 is 1.28 bits per heavy atom. The Morgan fingerprint density at radius 3 is 2.39 bits per heavy atom. The lowest BCUT2D eigenvalue weighted by Gasteiger charge is -2.17. The molecule has 0 saturated heterocycles. The fourth-order valence-corrected chi connectivity index (χ4v) is 3.09. The van der Waals surface area contributed by atoms with Gasteiger partial charge in [-0.2, -0.15) is 0 Å². The molecular weight excluding hydrogens is 252 g/mol. The van der Waals surface area contributed by atoms with E-state index in [1.54, 1.807) is 0 Å². The normalized spacial score (nSPS) is 12.4. The van der Waals surface area contributed by atoms with Gasteiger partial charge >= 0.3 is 5.97 Å². The highest BCUT2D eigenvalue weighted by Gasteiger charge is 2.20. The molecule has 0 spiro atoms. The Morgan fingerprint density at radius 2 is 1.89 bits per heavy atom. The predicted molar refractivity (Wildman–Crippen MR) is 69.5 cm³/mol. The molecule has 0 bridgehead atoms. The van der Waals surface area contributed by atoms with Crippen LogP contribution >= 0.6 is 0 Å². The topological polar surface area (TPSA) is 71.4 Å². The van der Waals surface area contributed by atoms with Gasteiger partial charge in [0.15, 0.2) is 9.84 Å². The number of carbonyl (C=O) groups is 1. The summed E-state index contributed by atoms with van der Waals surface area (Å²) in [5.74, 6) is -1.09.